The summed E-state index contributed by atoms with van der Waals surface area (Å²) in [6, 6.07) is 19.2. The van der Waals surface area contributed by atoms with E-state index in [-0.39, 0.29) is 0 Å². The Morgan fingerprint density at radius 2 is 0.904 bits per heavy atom. The Morgan fingerprint density at radius 1 is 0.558 bits per heavy atom. The molecule has 0 aromatic heterocycles. The molecule has 3 aliphatic carbocycles. The number of hydrogen-bond donors (Lipinski definition) is 0. The Kier molecular flexibility index (Phi) is 17.5. The van der Waals surface area contributed by atoms with Crippen LogP contribution in [-0.2, 0) is 13.0 Å². The van der Waals surface area contributed by atoms with E-state index in [0.29, 0.717) is 7.92 Å². The first-order chi connectivity index (χ1) is 25.1. The molecule has 2 nitrogen and oxygen atoms in total. The molecule has 52 heavy (non-hydrogen) atoms. The molecule has 288 valence electrons. The minimum absolute atomic E-state index is 0.385. The maximum atomic E-state index is 5.71. The van der Waals surface area contributed by atoms with Gasteiger partial charge in [-0.1, -0.05) is 101 Å². The van der Waals surface area contributed by atoms with Crippen molar-refractivity contribution in [3.63, 3.8) is 0 Å². The van der Waals surface area contributed by atoms with Gasteiger partial charge in [-0.05, 0) is 119 Å². The molecule has 0 atom stereocenters. The fourth-order valence-corrected chi connectivity index (χ4v) is 19.0. The van der Waals surface area contributed by atoms with Gasteiger partial charge in [-0.3, -0.25) is 0 Å². The normalized spacial score (nSPS) is 19.3. The predicted octanol–water partition coefficient (Wildman–Crippen LogP) is 14.5. The van der Waals surface area contributed by atoms with E-state index < -0.39 is 13.0 Å². The van der Waals surface area contributed by atoms with Crippen molar-refractivity contribution >= 4 is 50.4 Å². The van der Waals surface area contributed by atoms with E-state index in [2.05, 4.69) is 82.3 Å². The second-order valence-corrected chi connectivity index (χ2v) is 29.7. The zero-order valence-electron chi connectivity index (χ0n) is 32.9. The number of nitrogens with zero attached hydrogens (tertiary/aromatic N) is 2. The summed E-state index contributed by atoms with van der Waals surface area (Å²) in [7, 11) is 11.8. The quantitative estimate of drug-likeness (QED) is 0.138. The van der Waals surface area contributed by atoms with Crippen LogP contribution in [0.2, 0.25) is 0 Å². The van der Waals surface area contributed by atoms with Crippen molar-refractivity contribution in [3.8, 4) is 0 Å². The van der Waals surface area contributed by atoms with E-state index in [0.717, 1.165) is 19.5 Å². The van der Waals surface area contributed by atoms with Crippen LogP contribution in [0.5, 0.6) is 0 Å². The molecule has 3 aromatic carbocycles. The van der Waals surface area contributed by atoms with Gasteiger partial charge in [0.05, 0.1) is 0 Å². The summed E-state index contributed by atoms with van der Waals surface area (Å²) < 4.78 is 0. The van der Waals surface area contributed by atoms with E-state index in [4.69, 9.17) is 19.4 Å². The van der Waals surface area contributed by atoms with Crippen LogP contribution in [-0.4, -0.2) is 30.1 Å². The van der Waals surface area contributed by atoms with Crippen LogP contribution in [0.15, 0.2) is 54.6 Å². The second kappa shape index (κ2) is 21.5. The summed E-state index contributed by atoms with van der Waals surface area (Å²) in [6.45, 7) is 18.7. The molecule has 0 bridgehead atoms. The van der Waals surface area contributed by atoms with Crippen LogP contribution >= 0.6 is 33.8 Å². The summed E-state index contributed by atoms with van der Waals surface area (Å²) in [5, 5.41) is 1.21. The molecular formula is C45H65Cl2N2P2Ru-. The summed E-state index contributed by atoms with van der Waals surface area (Å²) in [5.74, 6) is 0. The van der Waals surface area contributed by atoms with Gasteiger partial charge in [0.25, 0.3) is 0 Å². The SMILES string of the molecule is C1CCC(P(C2CCCCC2)C2CCCCC2)CC1.Cc1cc(C)c(N2[CH-]N(c3c(C)cc(C)cc3C)CC2)c(C)c1.[Cl][Ru]([Cl])=[P]c1ccccc1. The third-order valence-corrected chi connectivity index (χ3v) is 20.6. The van der Waals surface area contributed by atoms with Crippen LogP contribution in [0.25, 0.3) is 0 Å². The van der Waals surface area contributed by atoms with Gasteiger partial charge < -0.3 is 9.80 Å². The van der Waals surface area contributed by atoms with Crippen molar-refractivity contribution in [2.45, 2.75) is 155 Å². The van der Waals surface area contributed by atoms with Crippen molar-refractivity contribution in [2.75, 3.05) is 22.9 Å². The Hall–Kier alpha value is -0.807. The molecule has 0 radical (unpaired) electrons. The first-order valence-electron chi connectivity index (χ1n) is 20.2. The van der Waals surface area contributed by atoms with Gasteiger partial charge in [0.2, 0.25) is 0 Å². The van der Waals surface area contributed by atoms with Gasteiger partial charge in [0.15, 0.2) is 0 Å². The molecule has 0 unspecified atom stereocenters. The van der Waals surface area contributed by atoms with Crippen molar-refractivity contribution in [3.05, 3.63) is 94.6 Å². The van der Waals surface area contributed by atoms with Crippen molar-refractivity contribution in [1.29, 1.82) is 0 Å². The molecule has 7 rings (SSSR count). The molecule has 1 saturated heterocycles. The third-order valence-electron chi connectivity index (χ3n) is 11.6. The standard InChI is InChI=1S/C21H27N2.C18H33P.C6H5P.2ClH.Ru/c1-14-9-16(3)20(17(4)10-14)22-7-8-23(13-22)21-18(5)11-15(2)12-19(21)6;1-4-10-16(11-5-1)19(17-12-6-2-7-13-17)18-14-8-3-9-15-18;7-6-4-2-1-3-5-6;;;/h9-13H,7-8H2,1-6H3;16-18H,1-15H2;1-5H;2*1H;/q-1;;;;;+2/p-2. The third kappa shape index (κ3) is 12.3. The van der Waals surface area contributed by atoms with Gasteiger partial charge in [-0.15, -0.1) is 0 Å². The zero-order chi connectivity index (χ0) is 37.0. The van der Waals surface area contributed by atoms with Crippen LogP contribution in [0.1, 0.15) is 130 Å². The molecule has 1 heterocycles. The first kappa shape index (κ1) is 42.3. The van der Waals surface area contributed by atoms with Gasteiger partial charge in [0, 0.05) is 24.5 Å². The molecule has 4 aliphatic rings. The molecule has 3 aromatic rings. The van der Waals surface area contributed by atoms with E-state index >= 15 is 0 Å². The zero-order valence-corrected chi connectivity index (χ0v) is 38.0. The van der Waals surface area contributed by atoms with Crippen LogP contribution < -0.4 is 15.1 Å². The minimum atomic E-state index is -1.52. The van der Waals surface area contributed by atoms with E-state index in [1.807, 2.05) is 30.3 Å². The molecular weight excluding hydrogens is 802 g/mol. The van der Waals surface area contributed by atoms with Gasteiger partial charge in [0.1, 0.15) is 0 Å². The molecule has 0 spiro atoms. The van der Waals surface area contributed by atoms with Crippen LogP contribution in [0, 0.1) is 48.2 Å². The topological polar surface area (TPSA) is 6.48 Å². The Bertz CT molecular complexity index is 1420. The number of aryl methyl sites for hydroxylation is 6. The summed E-state index contributed by atoms with van der Waals surface area (Å²) in [4.78, 5) is 4.81. The fraction of sp³-hybridized carbons (Fsp3) is 0.578. The Balaban J connectivity index is 0.000000162. The second-order valence-electron chi connectivity index (χ2n) is 15.9. The monoisotopic (exact) mass is 867 g/mol. The molecule has 1 aliphatic heterocycles. The van der Waals surface area contributed by atoms with Crippen LogP contribution in [0.3, 0.4) is 0 Å². The average Bonchev–Trinajstić information content (AvgIpc) is 3.58. The van der Waals surface area contributed by atoms with E-state index in [1.165, 1.54) is 86.3 Å². The number of benzene rings is 3. The maximum absolute atomic E-state index is 5.71. The summed E-state index contributed by atoms with van der Waals surface area (Å²) in [5.41, 5.74) is 14.4. The number of anilines is 2. The molecule has 3 saturated carbocycles. The van der Waals surface area contributed by atoms with Crippen molar-refractivity contribution in [1.82, 2.24) is 0 Å². The Morgan fingerprint density at radius 3 is 1.23 bits per heavy atom. The number of rotatable bonds is 6. The van der Waals surface area contributed by atoms with E-state index in [9.17, 15) is 0 Å². The molecule has 7 heteroatoms. The molecule has 4 fully saturated rings. The van der Waals surface area contributed by atoms with Gasteiger partial charge in [-0.25, -0.2) is 0 Å². The van der Waals surface area contributed by atoms with Gasteiger partial charge >= 0.3 is 74.5 Å². The van der Waals surface area contributed by atoms with Gasteiger partial charge in [-0.2, -0.15) is 6.67 Å². The summed E-state index contributed by atoms with van der Waals surface area (Å²) in [6.07, 6.45) is 23.6. The first-order valence-corrected chi connectivity index (χ1v) is 29.3. The van der Waals surface area contributed by atoms with Crippen molar-refractivity contribution in [2.24, 2.45) is 0 Å². The average molecular weight is 868 g/mol. The molecule has 0 N–H and O–H groups in total. The van der Waals surface area contributed by atoms with E-state index in [1.54, 1.807) is 77.0 Å². The Labute approximate surface area is 333 Å². The summed E-state index contributed by atoms with van der Waals surface area (Å²) >= 11 is -1.52. The number of hydrogen-bond acceptors (Lipinski definition) is 2. The molecule has 0 amide bonds. The number of halogens is 2. The fourth-order valence-electron chi connectivity index (χ4n) is 9.67. The van der Waals surface area contributed by atoms with Crippen molar-refractivity contribution < 1.29 is 13.0 Å². The van der Waals surface area contributed by atoms with Crippen LogP contribution in [0.4, 0.5) is 11.4 Å². The predicted molar refractivity (Wildman–Crippen MR) is 233 cm³/mol.